The largest absolute Gasteiger partial charge is 0.467 e. The van der Waals surface area contributed by atoms with Gasteiger partial charge in [-0.2, -0.15) is 8.78 Å². The number of halogens is 4. The van der Waals surface area contributed by atoms with E-state index in [1.807, 2.05) is 48.5 Å². The molecular weight excluding hydrogens is 620 g/mol. The highest BCUT2D eigenvalue weighted by atomic mass is 35.7. The van der Waals surface area contributed by atoms with Crippen molar-refractivity contribution in [3.8, 4) is 11.1 Å². The Kier molecular flexibility index (Phi) is 10.9. The number of nitrogens with zero attached hydrogens (tertiary/aromatic N) is 1. The summed E-state index contributed by atoms with van der Waals surface area (Å²) in [7, 11) is 2.47. The topological polar surface area (TPSA) is 84.9 Å². The van der Waals surface area contributed by atoms with E-state index >= 15 is 8.78 Å². The number of carbonyl (C=O) groups excluding carboxylic acids is 2. The summed E-state index contributed by atoms with van der Waals surface area (Å²) in [5, 5.41) is 2.53. The lowest BCUT2D eigenvalue weighted by atomic mass is 9.98. The van der Waals surface area contributed by atoms with Gasteiger partial charge >= 0.3 is 24.4 Å². The molecule has 0 saturated heterocycles. The SMILES string of the molecule is COC(=O)[C@H](Cc1ccc(C(F)(F)P(=O)(Cl)N(C)CCCCCl)cc1)NC(=O)OCC1c2ccccc2-c2ccccc21. The van der Waals surface area contributed by atoms with Gasteiger partial charge in [0.15, 0.2) is 0 Å². The molecule has 7 nitrogen and oxygen atoms in total. The van der Waals surface area contributed by atoms with Crippen molar-refractivity contribution in [3.63, 3.8) is 0 Å². The Labute approximate surface area is 259 Å². The van der Waals surface area contributed by atoms with Crippen LogP contribution in [0.4, 0.5) is 13.6 Å². The molecule has 0 fully saturated rings. The molecule has 2 atom stereocenters. The van der Waals surface area contributed by atoms with Gasteiger partial charge in [-0.3, -0.25) is 4.57 Å². The predicted octanol–water partition coefficient (Wildman–Crippen LogP) is 7.74. The van der Waals surface area contributed by atoms with Crippen LogP contribution in [0.25, 0.3) is 11.1 Å². The molecule has 0 spiro atoms. The van der Waals surface area contributed by atoms with Crippen molar-refractivity contribution in [3.05, 3.63) is 95.1 Å². The number of hydrogen-bond donors (Lipinski definition) is 1. The number of alkyl carbamates (subject to hydrolysis) is 1. The molecule has 0 aromatic heterocycles. The molecule has 3 aromatic carbocycles. The number of benzene rings is 3. The van der Waals surface area contributed by atoms with Crippen LogP contribution < -0.4 is 5.32 Å². The molecule has 4 rings (SSSR count). The predicted molar refractivity (Wildman–Crippen MR) is 164 cm³/mol. The van der Waals surface area contributed by atoms with Gasteiger partial charge in [0.05, 0.1) is 7.11 Å². The molecule has 3 aromatic rings. The van der Waals surface area contributed by atoms with E-state index in [0.717, 1.165) is 39.1 Å². The summed E-state index contributed by atoms with van der Waals surface area (Å²) in [5.74, 6) is -0.533. The number of alkyl halides is 3. The van der Waals surface area contributed by atoms with Crippen LogP contribution >= 0.6 is 29.5 Å². The van der Waals surface area contributed by atoms with E-state index in [1.54, 1.807) is 0 Å². The average molecular weight is 653 g/mol. The van der Waals surface area contributed by atoms with Crippen molar-refractivity contribution in [1.82, 2.24) is 9.99 Å². The van der Waals surface area contributed by atoms with Crippen molar-refractivity contribution >= 4 is 41.5 Å². The number of esters is 1. The van der Waals surface area contributed by atoms with Gasteiger partial charge in [-0.15, -0.1) is 11.6 Å². The maximum Gasteiger partial charge on any atom is 0.407 e. The first-order valence-electron chi connectivity index (χ1n) is 13.7. The van der Waals surface area contributed by atoms with Gasteiger partial charge in [0.25, 0.3) is 0 Å². The van der Waals surface area contributed by atoms with Gasteiger partial charge in [0.1, 0.15) is 12.6 Å². The van der Waals surface area contributed by atoms with E-state index in [9.17, 15) is 14.2 Å². The number of nitrogens with one attached hydrogen (secondary N) is 1. The Hall–Kier alpha value is -2.97. The molecule has 1 amide bonds. The summed E-state index contributed by atoms with van der Waals surface area (Å²) in [5.41, 5.74) is 0.340. The minimum Gasteiger partial charge on any atom is -0.467 e. The first-order valence-corrected chi connectivity index (χ1v) is 16.8. The Morgan fingerprint density at radius 1 is 1.00 bits per heavy atom. The summed E-state index contributed by atoms with van der Waals surface area (Å²) in [4.78, 5) is 25.3. The molecule has 12 heteroatoms. The monoisotopic (exact) mass is 652 g/mol. The summed E-state index contributed by atoms with van der Waals surface area (Å²) in [6.07, 6.45) is 0.173. The highest BCUT2D eigenvalue weighted by Gasteiger charge is 2.53. The number of ether oxygens (including phenoxy) is 2. The Bertz CT molecular complexity index is 1450. The Morgan fingerprint density at radius 3 is 2.14 bits per heavy atom. The summed E-state index contributed by atoms with van der Waals surface area (Å²) in [6.45, 7) is -4.45. The number of methoxy groups -OCH3 is 1. The third-order valence-corrected chi connectivity index (χ3v) is 11.2. The minimum absolute atomic E-state index is 0.0519. The Morgan fingerprint density at radius 2 is 1.58 bits per heavy atom. The fourth-order valence-corrected chi connectivity index (χ4v) is 7.14. The van der Waals surface area contributed by atoms with E-state index in [0.29, 0.717) is 24.3 Å². The molecule has 43 heavy (non-hydrogen) atoms. The molecule has 1 aliphatic carbocycles. The number of amides is 1. The second-order valence-electron chi connectivity index (χ2n) is 10.3. The maximum atomic E-state index is 15.2. The fraction of sp³-hybridized carbons (Fsp3) is 0.355. The molecule has 1 aliphatic rings. The van der Waals surface area contributed by atoms with Gasteiger partial charge in [0.2, 0.25) is 0 Å². The molecule has 1 unspecified atom stereocenters. The zero-order chi connectivity index (χ0) is 31.2. The second-order valence-corrected chi connectivity index (χ2v) is 14.3. The number of hydrogen-bond acceptors (Lipinski definition) is 5. The van der Waals surface area contributed by atoms with E-state index in [-0.39, 0.29) is 25.5 Å². The highest BCUT2D eigenvalue weighted by molar-refractivity contribution is 7.87. The maximum absolute atomic E-state index is 15.2. The van der Waals surface area contributed by atoms with E-state index in [4.69, 9.17) is 32.3 Å². The quantitative estimate of drug-likeness (QED) is 0.0880. The first-order chi connectivity index (χ1) is 20.5. The fourth-order valence-electron chi connectivity index (χ4n) is 5.13. The van der Waals surface area contributed by atoms with Crippen molar-refractivity contribution in [2.45, 2.75) is 36.9 Å². The molecule has 230 valence electrons. The van der Waals surface area contributed by atoms with Crippen LogP contribution in [0.3, 0.4) is 0 Å². The van der Waals surface area contributed by atoms with Crippen LogP contribution in [0.5, 0.6) is 0 Å². The summed E-state index contributed by atoms with van der Waals surface area (Å²) in [6, 6.07) is 19.6. The zero-order valence-electron chi connectivity index (χ0n) is 23.8. The van der Waals surface area contributed by atoms with Gasteiger partial charge in [-0.05, 0) is 58.9 Å². The van der Waals surface area contributed by atoms with Gasteiger partial charge in [-0.25, -0.2) is 14.3 Å². The van der Waals surface area contributed by atoms with Crippen LogP contribution in [0.15, 0.2) is 72.8 Å². The Balaban J connectivity index is 1.41. The number of carbonyl (C=O) groups is 2. The number of fused-ring (bicyclic) bond motifs is 3. The van der Waals surface area contributed by atoms with Crippen LogP contribution in [-0.2, 0) is 30.9 Å². The third-order valence-electron chi connectivity index (χ3n) is 7.51. The average Bonchev–Trinajstić information content (AvgIpc) is 3.33. The second kappa shape index (κ2) is 14.2. The first kappa shape index (κ1) is 32.9. The molecule has 0 bridgehead atoms. The van der Waals surface area contributed by atoms with Crippen LogP contribution in [0, 0.1) is 0 Å². The molecule has 0 aliphatic heterocycles. The summed E-state index contributed by atoms with van der Waals surface area (Å²) < 4.78 is 54.7. The lowest BCUT2D eigenvalue weighted by Gasteiger charge is -2.29. The zero-order valence-corrected chi connectivity index (χ0v) is 26.2. The number of unbranched alkanes of at least 4 members (excludes halogenated alkanes) is 1. The van der Waals surface area contributed by atoms with E-state index in [1.165, 1.54) is 26.3 Å². The molecule has 0 radical (unpaired) electrons. The lowest BCUT2D eigenvalue weighted by Crippen LogP contribution is -2.43. The van der Waals surface area contributed by atoms with Crippen molar-refractivity contribution in [1.29, 1.82) is 0 Å². The van der Waals surface area contributed by atoms with Gasteiger partial charge in [0, 0.05) is 30.3 Å². The molecule has 1 N–H and O–H groups in total. The van der Waals surface area contributed by atoms with E-state index < -0.39 is 36.0 Å². The molecular formula is C31H33Cl2F2N2O5P. The highest BCUT2D eigenvalue weighted by Crippen LogP contribution is 2.70. The van der Waals surface area contributed by atoms with Gasteiger partial charge in [-0.1, -0.05) is 72.8 Å². The van der Waals surface area contributed by atoms with Crippen molar-refractivity contribution in [2.24, 2.45) is 0 Å². The van der Waals surface area contributed by atoms with E-state index in [2.05, 4.69) is 5.32 Å². The molecule has 0 saturated carbocycles. The minimum atomic E-state index is -4.61. The standard InChI is InChI=1S/C31H33Cl2F2N2O5P/c1-37(18-8-7-17-32)43(33,40)31(34,35)22-15-13-21(14-16-22)19-28(29(38)41-2)36-30(39)42-20-27-25-11-5-3-9-23(25)24-10-4-6-12-26(24)27/h3-6,9-16,27-28H,7-8,17-20H2,1-2H3,(H,36,39)/t28-,43?/m0/s1. The normalized spacial score (nSPS) is 14.9. The van der Waals surface area contributed by atoms with Crippen LogP contribution in [0.2, 0.25) is 0 Å². The molecule has 0 heterocycles. The summed E-state index contributed by atoms with van der Waals surface area (Å²) >= 11 is 11.6. The van der Waals surface area contributed by atoms with Crippen LogP contribution in [0.1, 0.15) is 41.0 Å². The van der Waals surface area contributed by atoms with Gasteiger partial charge < -0.3 is 14.8 Å². The van der Waals surface area contributed by atoms with Crippen molar-refractivity contribution in [2.75, 3.05) is 33.2 Å². The smallest absolute Gasteiger partial charge is 0.407 e. The third kappa shape index (κ3) is 7.23. The lowest BCUT2D eigenvalue weighted by molar-refractivity contribution is -0.143. The van der Waals surface area contributed by atoms with Crippen molar-refractivity contribution < 1.29 is 32.4 Å². The van der Waals surface area contributed by atoms with Crippen LogP contribution in [-0.4, -0.2) is 56.0 Å². The number of rotatable bonds is 13.